The smallest absolute Gasteiger partial charge is 0.304 e. The molecule has 8 nitrogen and oxygen atoms in total. The van der Waals surface area contributed by atoms with Crippen LogP contribution in [0.2, 0.25) is 0 Å². The van der Waals surface area contributed by atoms with Crippen molar-refractivity contribution in [2.24, 2.45) is 12.9 Å². The van der Waals surface area contributed by atoms with E-state index >= 15 is 0 Å². The van der Waals surface area contributed by atoms with Gasteiger partial charge in [-0.05, 0) is 13.3 Å². The van der Waals surface area contributed by atoms with Crippen LogP contribution in [0, 0.1) is 0 Å². The average molecular weight is 280 g/mol. The van der Waals surface area contributed by atoms with Gasteiger partial charge < -0.3 is 4.57 Å². The minimum Gasteiger partial charge on any atom is -0.304 e. The summed E-state index contributed by atoms with van der Waals surface area (Å²) in [5, 5.41) is 0. The first-order valence-corrected chi connectivity index (χ1v) is 6.73. The van der Waals surface area contributed by atoms with Gasteiger partial charge >= 0.3 is 5.69 Å². The van der Waals surface area contributed by atoms with Gasteiger partial charge in [0.15, 0.2) is 11.2 Å². The molecule has 0 aliphatic carbocycles. The summed E-state index contributed by atoms with van der Waals surface area (Å²) in [6, 6.07) is 0. The normalized spacial score (nSPS) is 11.2. The molecule has 2 aromatic rings. The van der Waals surface area contributed by atoms with E-state index in [9.17, 15) is 9.59 Å². The van der Waals surface area contributed by atoms with E-state index in [1.54, 1.807) is 4.57 Å². The zero-order chi connectivity index (χ0) is 14.9. The first-order chi connectivity index (χ1) is 9.56. The first-order valence-electron chi connectivity index (χ1n) is 6.73. The molecule has 2 aromatic heterocycles. The van der Waals surface area contributed by atoms with E-state index in [0.717, 1.165) is 17.4 Å². The maximum Gasteiger partial charge on any atom is 0.332 e. The number of nitrogens with two attached hydrogens (primary N) is 1. The van der Waals surface area contributed by atoms with Crippen LogP contribution in [0.15, 0.2) is 9.59 Å². The number of fused-ring (bicyclic) bond motifs is 1. The fourth-order valence-corrected chi connectivity index (χ4v) is 2.29. The molecule has 0 aliphatic rings. The Kier molecular flexibility index (Phi) is 3.93. The summed E-state index contributed by atoms with van der Waals surface area (Å²) < 4.78 is 4.33. The van der Waals surface area contributed by atoms with Crippen LogP contribution in [0.25, 0.3) is 11.2 Å². The standard InChI is InChI=1S/C12H20N6O2/c1-4-6-7-18-9-8(10(19)16(3)12(18)20)17(5-2)11(14-9)15-13/h4-7,13H2,1-3H3,(H,14,15). The second-order valence-electron chi connectivity index (χ2n) is 4.65. The summed E-state index contributed by atoms with van der Waals surface area (Å²) in [6.07, 6.45) is 1.80. The molecule has 0 unspecified atom stereocenters. The maximum absolute atomic E-state index is 12.3. The summed E-state index contributed by atoms with van der Waals surface area (Å²) in [7, 11) is 1.48. The highest BCUT2D eigenvalue weighted by molar-refractivity contribution is 5.74. The van der Waals surface area contributed by atoms with Crippen molar-refractivity contribution in [1.82, 2.24) is 18.7 Å². The van der Waals surface area contributed by atoms with Crippen molar-refractivity contribution in [3.05, 3.63) is 20.8 Å². The zero-order valence-corrected chi connectivity index (χ0v) is 12.0. The number of imidazole rings is 1. The second-order valence-corrected chi connectivity index (χ2v) is 4.65. The molecule has 0 spiro atoms. The molecule has 110 valence electrons. The lowest BCUT2D eigenvalue weighted by atomic mass is 10.3. The van der Waals surface area contributed by atoms with Gasteiger partial charge in [-0.1, -0.05) is 13.3 Å². The molecule has 3 N–H and O–H groups in total. The molecule has 2 heterocycles. The number of unbranched alkanes of at least 4 members (excludes halogenated alkanes) is 1. The van der Waals surface area contributed by atoms with Crippen LogP contribution in [0.1, 0.15) is 26.7 Å². The highest BCUT2D eigenvalue weighted by atomic mass is 16.2. The van der Waals surface area contributed by atoms with Crippen LogP contribution in [0.3, 0.4) is 0 Å². The maximum atomic E-state index is 12.3. The highest BCUT2D eigenvalue weighted by Crippen LogP contribution is 2.15. The lowest BCUT2D eigenvalue weighted by Gasteiger charge is -2.08. The third-order valence-corrected chi connectivity index (χ3v) is 3.41. The largest absolute Gasteiger partial charge is 0.332 e. The Balaban J connectivity index is 2.89. The molecule has 0 aromatic carbocycles. The summed E-state index contributed by atoms with van der Waals surface area (Å²) in [5.41, 5.74) is 2.57. The highest BCUT2D eigenvalue weighted by Gasteiger charge is 2.18. The van der Waals surface area contributed by atoms with Crippen molar-refractivity contribution in [3.8, 4) is 0 Å². The van der Waals surface area contributed by atoms with E-state index < -0.39 is 0 Å². The summed E-state index contributed by atoms with van der Waals surface area (Å²) in [6.45, 7) is 5.01. The van der Waals surface area contributed by atoms with Gasteiger partial charge in [0, 0.05) is 20.1 Å². The van der Waals surface area contributed by atoms with Gasteiger partial charge in [-0.2, -0.15) is 4.98 Å². The molecular weight excluding hydrogens is 260 g/mol. The van der Waals surface area contributed by atoms with Crippen LogP contribution in [-0.2, 0) is 20.1 Å². The van der Waals surface area contributed by atoms with Crippen molar-refractivity contribution in [2.75, 3.05) is 5.43 Å². The van der Waals surface area contributed by atoms with Crippen LogP contribution >= 0.6 is 0 Å². The number of nitrogens with zero attached hydrogens (tertiary/aromatic N) is 4. The van der Waals surface area contributed by atoms with Crippen LogP contribution in [0.5, 0.6) is 0 Å². The van der Waals surface area contributed by atoms with Gasteiger partial charge in [0.25, 0.3) is 5.56 Å². The molecule has 0 radical (unpaired) electrons. The van der Waals surface area contributed by atoms with Crippen LogP contribution in [-0.4, -0.2) is 18.7 Å². The monoisotopic (exact) mass is 280 g/mol. The minimum atomic E-state index is -0.353. The fraction of sp³-hybridized carbons (Fsp3) is 0.583. The SMILES string of the molecule is CCCCn1c(=O)n(C)c(=O)c2c1nc(NN)n2CC. The number of nitrogens with one attached hydrogen (secondary N) is 1. The number of aromatic nitrogens is 4. The van der Waals surface area contributed by atoms with Gasteiger partial charge in [0.1, 0.15) is 0 Å². The Bertz CT molecular complexity index is 739. The predicted molar refractivity (Wildman–Crippen MR) is 77.6 cm³/mol. The van der Waals surface area contributed by atoms with Crippen LogP contribution in [0.4, 0.5) is 5.95 Å². The van der Waals surface area contributed by atoms with Crippen molar-refractivity contribution in [3.63, 3.8) is 0 Å². The Labute approximate surface area is 115 Å². The fourth-order valence-electron chi connectivity index (χ4n) is 2.29. The quantitative estimate of drug-likeness (QED) is 0.593. The van der Waals surface area contributed by atoms with Crippen molar-refractivity contribution in [2.45, 2.75) is 39.8 Å². The zero-order valence-electron chi connectivity index (χ0n) is 12.0. The Morgan fingerprint density at radius 1 is 1.25 bits per heavy atom. The van der Waals surface area contributed by atoms with E-state index in [0.29, 0.717) is 30.2 Å². The van der Waals surface area contributed by atoms with E-state index in [2.05, 4.69) is 10.4 Å². The van der Waals surface area contributed by atoms with E-state index in [1.165, 1.54) is 11.6 Å². The Hall–Kier alpha value is -2.09. The molecule has 8 heteroatoms. The van der Waals surface area contributed by atoms with Crippen molar-refractivity contribution in [1.29, 1.82) is 0 Å². The van der Waals surface area contributed by atoms with E-state index in [1.807, 2.05) is 13.8 Å². The molecule has 2 rings (SSSR count). The minimum absolute atomic E-state index is 0.347. The first kappa shape index (κ1) is 14.3. The molecule has 0 bridgehead atoms. The Morgan fingerprint density at radius 3 is 2.50 bits per heavy atom. The lowest BCUT2D eigenvalue weighted by Crippen LogP contribution is -2.38. The van der Waals surface area contributed by atoms with E-state index in [4.69, 9.17) is 5.84 Å². The Morgan fingerprint density at radius 2 is 1.95 bits per heavy atom. The van der Waals surface area contributed by atoms with Crippen molar-refractivity contribution >= 4 is 17.1 Å². The van der Waals surface area contributed by atoms with Gasteiger partial charge in [0.2, 0.25) is 5.95 Å². The second kappa shape index (κ2) is 5.49. The summed E-state index contributed by atoms with van der Waals surface area (Å²) in [5.74, 6) is 5.82. The molecule has 0 amide bonds. The lowest BCUT2D eigenvalue weighted by molar-refractivity contribution is 0.583. The number of anilines is 1. The summed E-state index contributed by atoms with van der Waals surface area (Å²) >= 11 is 0. The third-order valence-electron chi connectivity index (χ3n) is 3.41. The van der Waals surface area contributed by atoms with Gasteiger partial charge in [-0.3, -0.25) is 19.4 Å². The van der Waals surface area contributed by atoms with E-state index in [-0.39, 0.29) is 11.2 Å². The van der Waals surface area contributed by atoms with Crippen LogP contribution < -0.4 is 22.5 Å². The number of hydrogen-bond acceptors (Lipinski definition) is 5. The number of hydrazine groups is 1. The molecule has 20 heavy (non-hydrogen) atoms. The molecule has 0 saturated heterocycles. The van der Waals surface area contributed by atoms with Crippen molar-refractivity contribution < 1.29 is 0 Å². The molecule has 0 fully saturated rings. The predicted octanol–water partition coefficient (Wildman–Crippen LogP) is 0.00230. The molecule has 0 saturated carbocycles. The topological polar surface area (TPSA) is 99.9 Å². The molecule has 0 atom stereocenters. The van der Waals surface area contributed by atoms with Gasteiger partial charge in [-0.15, -0.1) is 0 Å². The molecule has 0 aliphatic heterocycles. The average Bonchev–Trinajstić information content (AvgIpc) is 2.83. The van der Waals surface area contributed by atoms with Gasteiger partial charge in [0.05, 0.1) is 0 Å². The number of rotatable bonds is 5. The van der Waals surface area contributed by atoms with Gasteiger partial charge in [-0.25, -0.2) is 10.6 Å². The number of hydrogen-bond donors (Lipinski definition) is 2. The summed E-state index contributed by atoms with van der Waals surface area (Å²) in [4.78, 5) is 28.8. The third kappa shape index (κ3) is 2.01. The number of nitrogen functional groups attached to an aromatic ring is 1. The number of aryl methyl sites for hydroxylation is 2. The molecular formula is C12H20N6O2.